The van der Waals surface area contributed by atoms with Crippen molar-refractivity contribution in [2.75, 3.05) is 0 Å². The molecule has 0 heterocycles. The van der Waals surface area contributed by atoms with Crippen LogP contribution in [0.25, 0.3) is 0 Å². The van der Waals surface area contributed by atoms with Crippen molar-refractivity contribution in [2.45, 2.75) is 38.5 Å². The molecule has 0 radical (unpaired) electrons. The van der Waals surface area contributed by atoms with Gasteiger partial charge in [-0.05, 0) is 50.4 Å². The lowest BCUT2D eigenvalue weighted by Gasteiger charge is -2.19. The number of allylic oxidation sites excluding steroid dienone is 2. The Balaban J connectivity index is 2.19. The summed E-state index contributed by atoms with van der Waals surface area (Å²) in [5.41, 5.74) is 3.04. The molecule has 2 bridgehead atoms. The van der Waals surface area contributed by atoms with Crippen LogP contribution in [-0.2, 0) is 0 Å². The van der Waals surface area contributed by atoms with Crippen LogP contribution in [0.3, 0.4) is 0 Å². The van der Waals surface area contributed by atoms with Crippen LogP contribution in [-0.4, -0.2) is 0 Å². The van der Waals surface area contributed by atoms with Crippen LogP contribution in [0.4, 0.5) is 0 Å². The van der Waals surface area contributed by atoms with Gasteiger partial charge in [-0.3, -0.25) is 0 Å². The third-order valence-corrected chi connectivity index (χ3v) is 3.65. The fourth-order valence-corrected chi connectivity index (χ4v) is 2.64. The van der Waals surface area contributed by atoms with Gasteiger partial charge in [-0.25, -0.2) is 0 Å². The summed E-state index contributed by atoms with van der Waals surface area (Å²) in [4.78, 5) is 0. The standard InChI is InChI=1S/C12H18/c1-9-3-5-12-8-7-11(9)6-4-10(12)2/h11-12H,1-8H2/t11-,12-/m1/s1. The summed E-state index contributed by atoms with van der Waals surface area (Å²) >= 11 is 0. The summed E-state index contributed by atoms with van der Waals surface area (Å²) in [6.07, 6.45) is 7.93. The van der Waals surface area contributed by atoms with Crippen molar-refractivity contribution >= 4 is 0 Å². The molecule has 0 aliphatic heterocycles. The summed E-state index contributed by atoms with van der Waals surface area (Å²) < 4.78 is 0. The quantitative estimate of drug-likeness (QED) is 0.476. The molecule has 0 nitrogen and oxygen atoms in total. The van der Waals surface area contributed by atoms with Crippen molar-refractivity contribution in [2.24, 2.45) is 11.8 Å². The van der Waals surface area contributed by atoms with Gasteiger partial charge >= 0.3 is 0 Å². The van der Waals surface area contributed by atoms with Gasteiger partial charge in [-0.15, -0.1) is 0 Å². The van der Waals surface area contributed by atoms with Crippen molar-refractivity contribution in [1.29, 1.82) is 0 Å². The van der Waals surface area contributed by atoms with Gasteiger partial charge in [0.15, 0.2) is 0 Å². The third-order valence-electron chi connectivity index (χ3n) is 3.65. The Morgan fingerprint density at radius 2 is 1.17 bits per heavy atom. The molecule has 0 spiro atoms. The van der Waals surface area contributed by atoms with Crippen LogP contribution in [0.5, 0.6) is 0 Å². The highest BCUT2D eigenvalue weighted by Crippen LogP contribution is 2.41. The van der Waals surface area contributed by atoms with E-state index in [2.05, 4.69) is 13.2 Å². The Kier molecular flexibility index (Phi) is 2.08. The third kappa shape index (κ3) is 1.35. The second-order valence-electron chi connectivity index (χ2n) is 4.37. The van der Waals surface area contributed by atoms with E-state index in [4.69, 9.17) is 0 Å². The van der Waals surface area contributed by atoms with Crippen LogP contribution < -0.4 is 0 Å². The van der Waals surface area contributed by atoms with E-state index in [0.29, 0.717) is 0 Å². The molecular weight excluding hydrogens is 144 g/mol. The van der Waals surface area contributed by atoms with Crippen LogP contribution in [0.2, 0.25) is 0 Å². The molecule has 0 aromatic rings. The second kappa shape index (κ2) is 3.08. The molecule has 0 heteroatoms. The van der Waals surface area contributed by atoms with Crippen LogP contribution >= 0.6 is 0 Å². The maximum Gasteiger partial charge on any atom is -0.0203 e. The number of hydrogen-bond donors (Lipinski definition) is 0. The Morgan fingerprint density at radius 3 is 1.58 bits per heavy atom. The first-order valence-corrected chi connectivity index (χ1v) is 5.12. The molecule has 0 aromatic carbocycles. The summed E-state index contributed by atoms with van der Waals surface area (Å²) in [6, 6.07) is 0. The molecule has 2 atom stereocenters. The lowest BCUT2D eigenvalue weighted by Crippen LogP contribution is -2.04. The van der Waals surface area contributed by atoms with Crippen molar-refractivity contribution in [3.63, 3.8) is 0 Å². The zero-order chi connectivity index (χ0) is 8.55. The Bertz CT molecular complexity index is 188. The van der Waals surface area contributed by atoms with Gasteiger partial charge in [0.1, 0.15) is 0 Å². The molecule has 0 unspecified atom stereocenters. The molecular formula is C12H18. The van der Waals surface area contributed by atoms with E-state index in [9.17, 15) is 0 Å². The molecule has 0 N–H and O–H groups in total. The summed E-state index contributed by atoms with van der Waals surface area (Å²) in [6.45, 7) is 8.38. The van der Waals surface area contributed by atoms with E-state index >= 15 is 0 Å². The number of rotatable bonds is 0. The van der Waals surface area contributed by atoms with E-state index in [-0.39, 0.29) is 0 Å². The summed E-state index contributed by atoms with van der Waals surface area (Å²) in [5.74, 6) is 1.66. The minimum atomic E-state index is 0.828. The largest absolute Gasteiger partial charge is 0.0996 e. The molecule has 2 fully saturated rings. The molecule has 2 saturated carbocycles. The Morgan fingerprint density at radius 1 is 0.750 bits per heavy atom. The molecule has 12 heavy (non-hydrogen) atoms. The monoisotopic (exact) mass is 162 g/mol. The molecule has 0 saturated heterocycles. The molecule has 2 aliphatic rings. The van der Waals surface area contributed by atoms with Crippen LogP contribution in [0.1, 0.15) is 38.5 Å². The maximum atomic E-state index is 4.19. The maximum absolute atomic E-state index is 4.19. The van der Waals surface area contributed by atoms with E-state index in [0.717, 1.165) is 11.8 Å². The van der Waals surface area contributed by atoms with Crippen molar-refractivity contribution in [3.8, 4) is 0 Å². The first kappa shape index (κ1) is 8.10. The fourth-order valence-electron chi connectivity index (χ4n) is 2.64. The average Bonchev–Trinajstić information content (AvgIpc) is 2.33. The summed E-state index contributed by atoms with van der Waals surface area (Å²) in [5, 5.41) is 0. The average molecular weight is 162 g/mol. The molecule has 0 aromatic heterocycles. The zero-order valence-corrected chi connectivity index (χ0v) is 7.81. The molecule has 2 rings (SSSR count). The zero-order valence-electron chi connectivity index (χ0n) is 7.81. The highest BCUT2D eigenvalue weighted by atomic mass is 14.3. The van der Waals surface area contributed by atoms with Crippen LogP contribution in [0.15, 0.2) is 24.3 Å². The van der Waals surface area contributed by atoms with Crippen molar-refractivity contribution in [3.05, 3.63) is 24.3 Å². The van der Waals surface area contributed by atoms with Gasteiger partial charge in [-0.1, -0.05) is 24.3 Å². The molecule has 66 valence electrons. The Hall–Kier alpha value is -0.520. The Labute approximate surface area is 75.4 Å². The van der Waals surface area contributed by atoms with Gasteiger partial charge in [0.05, 0.1) is 0 Å². The highest BCUT2D eigenvalue weighted by Gasteiger charge is 2.26. The van der Waals surface area contributed by atoms with Crippen molar-refractivity contribution < 1.29 is 0 Å². The van der Waals surface area contributed by atoms with E-state index in [1.165, 1.54) is 49.7 Å². The van der Waals surface area contributed by atoms with E-state index in [1.54, 1.807) is 0 Å². The van der Waals surface area contributed by atoms with Gasteiger partial charge < -0.3 is 0 Å². The minimum Gasteiger partial charge on any atom is -0.0996 e. The van der Waals surface area contributed by atoms with Crippen LogP contribution in [0, 0.1) is 11.8 Å². The topological polar surface area (TPSA) is 0 Å². The summed E-state index contributed by atoms with van der Waals surface area (Å²) in [7, 11) is 0. The normalized spacial score (nSPS) is 36.3. The van der Waals surface area contributed by atoms with Gasteiger partial charge in [0.2, 0.25) is 0 Å². The van der Waals surface area contributed by atoms with Gasteiger partial charge in [0, 0.05) is 0 Å². The second-order valence-corrected chi connectivity index (χ2v) is 4.37. The number of hydrogen-bond acceptors (Lipinski definition) is 0. The fraction of sp³-hybridized carbons (Fsp3) is 0.667. The molecule has 2 aliphatic carbocycles. The highest BCUT2D eigenvalue weighted by molar-refractivity contribution is 5.13. The predicted molar refractivity (Wildman–Crippen MR) is 53.0 cm³/mol. The van der Waals surface area contributed by atoms with E-state index in [1.807, 2.05) is 0 Å². The van der Waals surface area contributed by atoms with Crippen molar-refractivity contribution in [1.82, 2.24) is 0 Å². The van der Waals surface area contributed by atoms with E-state index < -0.39 is 0 Å². The smallest absolute Gasteiger partial charge is 0.0203 e. The lowest BCUT2D eigenvalue weighted by molar-refractivity contribution is 0.528. The first-order valence-electron chi connectivity index (χ1n) is 5.12. The SMILES string of the molecule is C=C1CC[C@@H]2CC[C@H]1CCC2=C. The van der Waals surface area contributed by atoms with Gasteiger partial charge in [-0.2, -0.15) is 0 Å². The predicted octanol–water partition coefficient (Wildman–Crippen LogP) is 3.70. The molecule has 0 amide bonds. The lowest BCUT2D eigenvalue weighted by atomic mass is 9.86. The first-order chi connectivity index (χ1) is 5.77. The number of fused-ring (bicyclic) bond motifs is 3. The van der Waals surface area contributed by atoms with Gasteiger partial charge in [0.25, 0.3) is 0 Å². The minimum absolute atomic E-state index is 0.828.